The number of amides is 1. The fourth-order valence-corrected chi connectivity index (χ4v) is 4.66. The molecule has 1 aliphatic heterocycles. The lowest BCUT2D eigenvalue weighted by Crippen LogP contribution is -2.50. The maximum atomic E-state index is 12.7. The van der Waals surface area contributed by atoms with Gasteiger partial charge < -0.3 is 10.0 Å². The summed E-state index contributed by atoms with van der Waals surface area (Å²) in [6.45, 7) is 0.707. The van der Waals surface area contributed by atoms with Crippen molar-refractivity contribution >= 4 is 23.6 Å². The number of rotatable bonds is 3. The van der Waals surface area contributed by atoms with Crippen LogP contribution in [-0.2, 0) is 9.59 Å². The first kappa shape index (κ1) is 13.0. The zero-order chi connectivity index (χ0) is 13.4. The van der Waals surface area contributed by atoms with Crippen LogP contribution in [0.3, 0.4) is 0 Å². The number of hydrogen-bond acceptors (Lipinski definition) is 3. The van der Waals surface area contributed by atoms with Crippen molar-refractivity contribution in [2.75, 3.05) is 18.1 Å². The number of allylic oxidation sites excluding steroid dienone is 2. The van der Waals surface area contributed by atoms with E-state index in [4.69, 9.17) is 5.11 Å². The Morgan fingerprint density at radius 2 is 2.16 bits per heavy atom. The second-order valence-electron chi connectivity index (χ2n) is 5.74. The van der Waals surface area contributed by atoms with Crippen LogP contribution in [0.4, 0.5) is 0 Å². The Balaban J connectivity index is 1.70. The zero-order valence-electron chi connectivity index (χ0n) is 10.8. The molecule has 2 bridgehead atoms. The molecule has 3 aliphatic rings. The molecule has 0 aromatic carbocycles. The van der Waals surface area contributed by atoms with Crippen LogP contribution in [0, 0.1) is 17.8 Å². The van der Waals surface area contributed by atoms with Crippen LogP contribution < -0.4 is 0 Å². The highest BCUT2D eigenvalue weighted by Gasteiger charge is 2.43. The molecule has 2 fully saturated rings. The third kappa shape index (κ3) is 2.53. The van der Waals surface area contributed by atoms with Gasteiger partial charge in [0.25, 0.3) is 0 Å². The van der Waals surface area contributed by atoms with Crippen LogP contribution in [0.5, 0.6) is 0 Å². The number of hydrogen-bond donors (Lipinski definition) is 1. The number of thioether (sulfide) groups is 1. The number of nitrogens with zero attached hydrogens (tertiary/aromatic N) is 1. The highest BCUT2D eigenvalue weighted by atomic mass is 32.2. The largest absolute Gasteiger partial charge is 0.481 e. The van der Waals surface area contributed by atoms with E-state index in [0.29, 0.717) is 18.4 Å². The molecule has 1 heterocycles. The number of carboxylic acid groups (broad SMARTS) is 1. The van der Waals surface area contributed by atoms with Gasteiger partial charge in [-0.25, -0.2) is 0 Å². The number of carbonyl (C=O) groups excluding carboxylic acids is 1. The van der Waals surface area contributed by atoms with Crippen molar-refractivity contribution in [3.63, 3.8) is 0 Å². The van der Waals surface area contributed by atoms with Crippen molar-refractivity contribution < 1.29 is 14.7 Å². The quantitative estimate of drug-likeness (QED) is 0.799. The van der Waals surface area contributed by atoms with E-state index in [9.17, 15) is 9.59 Å². The van der Waals surface area contributed by atoms with E-state index in [0.717, 1.165) is 24.3 Å². The molecule has 4 nitrogen and oxygen atoms in total. The van der Waals surface area contributed by atoms with Crippen LogP contribution >= 0.6 is 11.8 Å². The summed E-state index contributed by atoms with van der Waals surface area (Å²) in [5, 5.41) is 8.98. The maximum absolute atomic E-state index is 12.7. The Morgan fingerprint density at radius 1 is 1.32 bits per heavy atom. The third-order valence-corrected chi connectivity index (χ3v) is 5.61. The van der Waals surface area contributed by atoms with E-state index in [-0.39, 0.29) is 24.3 Å². The van der Waals surface area contributed by atoms with Gasteiger partial charge in [-0.15, -0.1) is 0 Å². The average Bonchev–Trinajstić information content (AvgIpc) is 3.00. The summed E-state index contributed by atoms with van der Waals surface area (Å²) < 4.78 is 0. The second kappa shape index (κ2) is 5.19. The molecule has 4 unspecified atom stereocenters. The summed E-state index contributed by atoms with van der Waals surface area (Å²) in [4.78, 5) is 25.4. The van der Waals surface area contributed by atoms with Gasteiger partial charge in [-0.1, -0.05) is 12.2 Å². The Labute approximate surface area is 117 Å². The van der Waals surface area contributed by atoms with Crippen molar-refractivity contribution in [1.82, 2.24) is 4.90 Å². The predicted molar refractivity (Wildman–Crippen MR) is 73.9 cm³/mol. The van der Waals surface area contributed by atoms with Gasteiger partial charge in [0, 0.05) is 24.0 Å². The molecule has 1 amide bonds. The first-order valence-electron chi connectivity index (χ1n) is 6.93. The van der Waals surface area contributed by atoms with Gasteiger partial charge >= 0.3 is 5.97 Å². The lowest BCUT2D eigenvalue weighted by atomic mass is 9.91. The van der Waals surface area contributed by atoms with Crippen LogP contribution in [-0.4, -0.2) is 46.0 Å². The predicted octanol–water partition coefficient (Wildman–Crippen LogP) is 1.62. The second-order valence-corrected chi connectivity index (χ2v) is 6.89. The summed E-state index contributed by atoms with van der Waals surface area (Å²) >= 11 is 1.75. The fourth-order valence-electron chi connectivity index (χ4n) is 3.59. The van der Waals surface area contributed by atoms with Gasteiger partial charge in [0.1, 0.15) is 0 Å². The molecule has 1 saturated carbocycles. The van der Waals surface area contributed by atoms with Gasteiger partial charge in [-0.2, -0.15) is 11.8 Å². The molecule has 104 valence electrons. The molecule has 0 radical (unpaired) electrons. The van der Waals surface area contributed by atoms with Crippen molar-refractivity contribution in [2.24, 2.45) is 17.8 Å². The summed E-state index contributed by atoms with van der Waals surface area (Å²) in [5.41, 5.74) is 0. The number of fused-ring (bicyclic) bond motifs is 2. The average molecular weight is 281 g/mol. The smallest absolute Gasteiger partial charge is 0.305 e. The van der Waals surface area contributed by atoms with Gasteiger partial charge in [0.2, 0.25) is 5.91 Å². The van der Waals surface area contributed by atoms with E-state index in [1.807, 2.05) is 4.90 Å². The lowest BCUT2D eigenvalue weighted by Gasteiger charge is -2.37. The SMILES string of the molecule is O=C(O)CC1CSCCN1C(=O)C1CC2C=CC1C2. The molecule has 2 aliphatic carbocycles. The standard InChI is InChI=1S/C14H19NO3S/c16-13(17)7-11-8-19-4-3-15(11)14(18)12-6-9-1-2-10(12)5-9/h1-2,9-12H,3-8H2,(H,16,17). The van der Waals surface area contributed by atoms with Gasteiger partial charge in [0.05, 0.1) is 12.5 Å². The van der Waals surface area contributed by atoms with Crippen molar-refractivity contribution in [2.45, 2.75) is 25.3 Å². The minimum absolute atomic E-state index is 0.0788. The fraction of sp³-hybridized carbons (Fsp3) is 0.714. The van der Waals surface area contributed by atoms with Gasteiger partial charge in [0.15, 0.2) is 0 Å². The highest BCUT2D eigenvalue weighted by Crippen LogP contribution is 2.44. The van der Waals surface area contributed by atoms with Crippen LogP contribution in [0.2, 0.25) is 0 Å². The molecule has 19 heavy (non-hydrogen) atoms. The van der Waals surface area contributed by atoms with E-state index < -0.39 is 5.97 Å². The van der Waals surface area contributed by atoms with Crippen molar-refractivity contribution in [1.29, 1.82) is 0 Å². The molecule has 0 aromatic rings. The molecule has 0 spiro atoms. The van der Waals surface area contributed by atoms with Gasteiger partial charge in [-0.3, -0.25) is 9.59 Å². The number of carboxylic acids is 1. The van der Waals surface area contributed by atoms with Crippen LogP contribution in [0.1, 0.15) is 19.3 Å². The highest BCUT2D eigenvalue weighted by molar-refractivity contribution is 7.99. The Hall–Kier alpha value is -0.970. The monoisotopic (exact) mass is 281 g/mol. The summed E-state index contributed by atoms with van der Waals surface area (Å²) in [6, 6.07) is -0.119. The Bertz CT molecular complexity index is 423. The van der Waals surface area contributed by atoms with Crippen molar-refractivity contribution in [3.05, 3.63) is 12.2 Å². The first-order valence-corrected chi connectivity index (χ1v) is 8.09. The molecule has 1 saturated heterocycles. The van der Waals surface area contributed by atoms with E-state index in [1.54, 1.807) is 11.8 Å². The minimum atomic E-state index is -0.807. The van der Waals surface area contributed by atoms with E-state index in [1.165, 1.54) is 0 Å². The van der Waals surface area contributed by atoms with Crippen LogP contribution in [0.25, 0.3) is 0 Å². The maximum Gasteiger partial charge on any atom is 0.305 e. The molecule has 5 heteroatoms. The number of carbonyl (C=O) groups is 2. The molecule has 4 atom stereocenters. The molecular formula is C14H19NO3S. The lowest BCUT2D eigenvalue weighted by molar-refractivity contribution is -0.142. The Morgan fingerprint density at radius 3 is 2.79 bits per heavy atom. The Kier molecular flexibility index (Phi) is 3.56. The van der Waals surface area contributed by atoms with Gasteiger partial charge in [-0.05, 0) is 24.7 Å². The number of aliphatic carboxylic acids is 1. The minimum Gasteiger partial charge on any atom is -0.481 e. The molecule has 0 aromatic heterocycles. The third-order valence-electron chi connectivity index (χ3n) is 4.52. The van der Waals surface area contributed by atoms with E-state index in [2.05, 4.69) is 12.2 Å². The van der Waals surface area contributed by atoms with E-state index >= 15 is 0 Å². The summed E-state index contributed by atoms with van der Waals surface area (Å²) in [5.74, 6) is 2.16. The van der Waals surface area contributed by atoms with Crippen molar-refractivity contribution in [3.8, 4) is 0 Å². The van der Waals surface area contributed by atoms with Crippen LogP contribution in [0.15, 0.2) is 12.2 Å². The topological polar surface area (TPSA) is 57.6 Å². The molecule has 3 rings (SSSR count). The normalized spacial score (nSPS) is 36.7. The zero-order valence-corrected chi connectivity index (χ0v) is 11.6. The molecular weight excluding hydrogens is 262 g/mol. The summed E-state index contributed by atoms with van der Waals surface area (Å²) in [7, 11) is 0. The first-order chi connectivity index (χ1) is 9.15. The summed E-state index contributed by atoms with van der Waals surface area (Å²) in [6.07, 6.45) is 6.57. The molecule has 1 N–H and O–H groups in total.